The molecule has 1 aliphatic heterocycles. The van der Waals surface area contributed by atoms with Crippen LogP contribution in [0.5, 0.6) is 0 Å². The molecule has 1 fully saturated rings. The van der Waals surface area contributed by atoms with E-state index in [1.54, 1.807) is 0 Å². The molecule has 1 saturated heterocycles. The lowest BCUT2D eigenvalue weighted by atomic mass is 10.0. The van der Waals surface area contributed by atoms with E-state index in [0.717, 1.165) is 13.1 Å². The fraction of sp³-hybridized carbons (Fsp3) is 0.278. The minimum atomic E-state index is 1.05. The lowest BCUT2D eigenvalue weighted by molar-refractivity contribution is 0.259. The zero-order valence-corrected chi connectivity index (χ0v) is 11.7. The van der Waals surface area contributed by atoms with Gasteiger partial charge in [-0.3, -0.25) is 9.88 Å². The summed E-state index contributed by atoms with van der Waals surface area (Å²) in [4.78, 5) is 6.71. The predicted octanol–water partition coefficient (Wildman–Crippen LogP) is 3.76. The van der Waals surface area contributed by atoms with E-state index in [-0.39, 0.29) is 0 Å². The third-order valence-electron chi connectivity index (χ3n) is 3.70. The Labute approximate surface area is 120 Å². The molecule has 3 rings (SSSR count). The van der Waals surface area contributed by atoms with Crippen molar-refractivity contribution in [3.05, 3.63) is 71.6 Å². The summed E-state index contributed by atoms with van der Waals surface area (Å²) < 4.78 is 0. The van der Waals surface area contributed by atoms with Gasteiger partial charge in [-0.1, -0.05) is 48.0 Å². The lowest BCUT2D eigenvalue weighted by Crippen LogP contribution is -2.30. The molecule has 2 nitrogen and oxygen atoms in total. The van der Waals surface area contributed by atoms with Crippen LogP contribution in [0.15, 0.2) is 60.4 Å². The Hall–Kier alpha value is -1.93. The molecule has 20 heavy (non-hydrogen) atoms. The summed E-state index contributed by atoms with van der Waals surface area (Å²) in [6.45, 7) is 3.31. The SMILES string of the molecule is C(=C1CCCN(Cc2ccccc2)C1)c1cccnc1. The average Bonchev–Trinajstić information content (AvgIpc) is 2.50. The molecule has 0 radical (unpaired) electrons. The number of likely N-dealkylation sites (tertiary alicyclic amines) is 1. The van der Waals surface area contributed by atoms with Crippen molar-refractivity contribution in [3.8, 4) is 0 Å². The number of hydrogen-bond donors (Lipinski definition) is 0. The molecule has 102 valence electrons. The van der Waals surface area contributed by atoms with Gasteiger partial charge in [-0.25, -0.2) is 0 Å². The molecule has 0 N–H and O–H groups in total. The molecular weight excluding hydrogens is 244 g/mol. The maximum Gasteiger partial charge on any atom is 0.0340 e. The quantitative estimate of drug-likeness (QED) is 0.839. The van der Waals surface area contributed by atoms with Gasteiger partial charge < -0.3 is 0 Å². The van der Waals surface area contributed by atoms with Gasteiger partial charge in [0, 0.05) is 25.5 Å². The van der Waals surface area contributed by atoms with Crippen LogP contribution in [0.3, 0.4) is 0 Å². The first kappa shape index (κ1) is 13.1. The fourth-order valence-electron chi connectivity index (χ4n) is 2.77. The van der Waals surface area contributed by atoms with Crippen molar-refractivity contribution in [3.63, 3.8) is 0 Å². The molecule has 0 unspecified atom stereocenters. The Kier molecular flexibility index (Phi) is 4.24. The number of hydrogen-bond acceptors (Lipinski definition) is 2. The van der Waals surface area contributed by atoms with Crippen molar-refractivity contribution in [2.75, 3.05) is 13.1 Å². The van der Waals surface area contributed by atoms with Gasteiger partial charge in [0.1, 0.15) is 0 Å². The second-order valence-electron chi connectivity index (χ2n) is 5.39. The Morgan fingerprint density at radius 1 is 1.10 bits per heavy atom. The van der Waals surface area contributed by atoms with Crippen molar-refractivity contribution >= 4 is 6.08 Å². The maximum absolute atomic E-state index is 4.18. The Balaban J connectivity index is 1.66. The second-order valence-corrected chi connectivity index (χ2v) is 5.39. The summed E-state index contributed by atoms with van der Waals surface area (Å²) in [6.07, 6.45) is 8.51. The van der Waals surface area contributed by atoms with Crippen LogP contribution in [-0.4, -0.2) is 23.0 Å². The monoisotopic (exact) mass is 264 g/mol. The highest BCUT2D eigenvalue weighted by atomic mass is 15.1. The summed E-state index contributed by atoms with van der Waals surface area (Å²) in [5.41, 5.74) is 4.12. The summed E-state index contributed by atoms with van der Waals surface area (Å²) in [5, 5.41) is 0. The van der Waals surface area contributed by atoms with Crippen molar-refractivity contribution in [1.29, 1.82) is 0 Å². The summed E-state index contributed by atoms with van der Waals surface area (Å²) in [7, 11) is 0. The van der Waals surface area contributed by atoms with Crippen molar-refractivity contribution in [2.45, 2.75) is 19.4 Å². The van der Waals surface area contributed by atoms with Gasteiger partial charge in [-0.15, -0.1) is 0 Å². The highest BCUT2D eigenvalue weighted by Gasteiger charge is 2.14. The number of benzene rings is 1. The van der Waals surface area contributed by atoms with E-state index in [0.29, 0.717) is 0 Å². The molecule has 1 aromatic carbocycles. The Bertz CT molecular complexity index is 560. The molecule has 0 saturated carbocycles. The summed E-state index contributed by atoms with van der Waals surface area (Å²) in [6, 6.07) is 14.8. The molecule has 0 spiro atoms. The average molecular weight is 264 g/mol. The van der Waals surface area contributed by atoms with E-state index in [9.17, 15) is 0 Å². The molecule has 0 atom stereocenters. The van der Waals surface area contributed by atoms with Crippen LogP contribution >= 0.6 is 0 Å². The molecule has 1 aliphatic rings. The molecule has 2 heteroatoms. The lowest BCUT2D eigenvalue weighted by Gasteiger charge is -2.28. The van der Waals surface area contributed by atoms with E-state index in [2.05, 4.69) is 52.4 Å². The van der Waals surface area contributed by atoms with E-state index in [1.807, 2.05) is 18.5 Å². The first-order valence-corrected chi connectivity index (χ1v) is 7.26. The molecule has 0 amide bonds. The van der Waals surface area contributed by atoms with Gasteiger partial charge in [-0.05, 0) is 36.6 Å². The van der Waals surface area contributed by atoms with Crippen LogP contribution in [0.1, 0.15) is 24.0 Å². The minimum Gasteiger partial charge on any atom is -0.295 e. The minimum absolute atomic E-state index is 1.05. The summed E-state index contributed by atoms with van der Waals surface area (Å²) in [5.74, 6) is 0. The van der Waals surface area contributed by atoms with Gasteiger partial charge in [0.05, 0.1) is 0 Å². The zero-order chi connectivity index (χ0) is 13.6. The van der Waals surface area contributed by atoms with E-state index >= 15 is 0 Å². The number of nitrogens with zero attached hydrogens (tertiary/aromatic N) is 2. The number of pyridine rings is 1. The number of aromatic nitrogens is 1. The van der Waals surface area contributed by atoms with Crippen molar-refractivity contribution in [1.82, 2.24) is 9.88 Å². The molecular formula is C18H20N2. The molecule has 2 heterocycles. The first-order chi connectivity index (χ1) is 9.90. The number of rotatable bonds is 3. The Morgan fingerprint density at radius 2 is 2.00 bits per heavy atom. The largest absolute Gasteiger partial charge is 0.295 e. The van der Waals surface area contributed by atoms with Gasteiger partial charge >= 0.3 is 0 Å². The van der Waals surface area contributed by atoms with Crippen LogP contribution in [0.4, 0.5) is 0 Å². The fourth-order valence-corrected chi connectivity index (χ4v) is 2.77. The van der Waals surface area contributed by atoms with Crippen LogP contribution in [0.2, 0.25) is 0 Å². The smallest absolute Gasteiger partial charge is 0.0340 e. The van der Waals surface area contributed by atoms with Crippen LogP contribution < -0.4 is 0 Å². The van der Waals surface area contributed by atoms with Gasteiger partial charge in [-0.2, -0.15) is 0 Å². The second kappa shape index (κ2) is 6.49. The molecule has 0 aliphatic carbocycles. The summed E-state index contributed by atoms with van der Waals surface area (Å²) >= 11 is 0. The van der Waals surface area contributed by atoms with E-state index < -0.39 is 0 Å². The van der Waals surface area contributed by atoms with Gasteiger partial charge in [0.2, 0.25) is 0 Å². The normalized spacial score (nSPS) is 18.3. The highest BCUT2D eigenvalue weighted by Crippen LogP contribution is 2.20. The maximum atomic E-state index is 4.18. The topological polar surface area (TPSA) is 16.1 Å². The van der Waals surface area contributed by atoms with Crippen LogP contribution in [-0.2, 0) is 6.54 Å². The molecule has 2 aromatic rings. The van der Waals surface area contributed by atoms with Crippen LogP contribution in [0.25, 0.3) is 6.08 Å². The standard InChI is InChI=1S/C18H20N2/c1-2-6-16(7-3-1)14-20-11-5-9-18(15-20)12-17-8-4-10-19-13-17/h1-4,6-8,10,12-13H,5,9,11,14-15H2. The van der Waals surface area contributed by atoms with Gasteiger partial charge in [0.25, 0.3) is 0 Å². The highest BCUT2D eigenvalue weighted by molar-refractivity contribution is 5.52. The number of piperidine rings is 1. The van der Waals surface area contributed by atoms with E-state index in [1.165, 1.54) is 36.1 Å². The molecule has 0 bridgehead atoms. The van der Waals surface area contributed by atoms with Gasteiger partial charge in [0.15, 0.2) is 0 Å². The third-order valence-corrected chi connectivity index (χ3v) is 3.70. The van der Waals surface area contributed by atoms with Crippen molar-refractivity contribution in [2.24, 2.45) is 0 Å². The zero-order valence-electron chi connectivity index (χ0n) is 11.7. The van der Waals surface area contributed by atoms with E-state index in [4.69, 9.17) is 0 Å². The van der Waals surface area contributed by atoms with Crippen LogP contribution in [0, 0.1) is 0 Å². The Morgan fingerprint density at radius 3 is 2.80 bits per heavy atom. The molecule has 1 aromatic heterocycles. The first-order valence-electron chi connectivity index (χ1n) is 7.26. The predicted molar refractivity (Wildman–Crippen MR) is 83.2 cm³/mol. The third kappa shape index (κ3) is 3.55. The van der Waals surface area contributed by atoms with Crippen molar-refractivity contribution < 1.29 is 0 Å².